The van der Waals surface area contributed by atoms with Gasteiger partial charge in [0.2, 0.25) is 0 Å². The number of halogens is 1. The molecule has 0 bridgehead atoms. The molecule has 0 aromatic rings. The topological polar surface area (TPSA) is 17.1 Å². The van der Waals surface area contributed by atoms with Crippen molar-refractivity contribution in [3.05, 3.63) is 0 Å². The summed E-state index contributed by atoms with van der Waals surface area (Å²) in [5.74, 6) is 0. The summed E-state index contributed by atoms with van der Waals surface area (Å²) in [7, 11) is -1.35. The van der Waals surface area contributed by atoms with Crippen LogP contribution in [-0.4, -0.2) is 13.7 Å². The minimum Gasteiger partial charge on any atom is -0.303 e. The second kappa shape index (κ2) is 4.91. The lowest BCUT2D eigenvalue weighted by atomic mass is 10.3. The van der Waals surface area contributed by atoms with Crippen LogP contribution in [0.3, 0.4) is 0 Å². The van der Waals surface area contributed by atoms with Gasteiger partial charge in [0.1, 0.15) is 13.7 Å². The molecule has 0 aliphatic carbocycles. The molecule has 60 valence electrons. The van der Waals surface area contributed by atoms with Crippen LogP contribution in [0.1, 0.15) is 19.3 Å². The molecule has 0 amide bonds. The molecule has 0 aliphatic rings. The fourth-order valence-corrected chi connectivity index (χ4v) is 2.26. The van der Waals surface area contributed by atoms with Crippen molar-refractivity contribution in [1.82, 2.24) is 0 Å². The number of rotatable bonds is 5. The van der Waals surface area contributed by atoms with Gasteiger partial charge in [-0.1, -0.05) is 19.5 Å². The lowest BCUT2D eigenvalue weighted by Crippen LogP contribution is -2.14. The van der Waals surface area contributed by atoms with E-state index in [1.54, 1.807) is 0 Å². The summed E-state index contributed by atoms with van der Waals surface area (Å²) >= 11 is 6.06. The van der Waals surface area contributed by atoms with Gasteiger partial charge in [-0.25, -0.2) is 0 Å². The van der Waals surface area contributed by atoms with Crippen LogP contribution < -0.4 is 0 Å². The van der Waals surface area contributed by atoms with Gasteiger partial charge in [-0.2, -0.15) is 11.1 Å². The highest BCUT2D eigenvalue weighted by molar-refractivity contribution is 7.19. The van der Waals surface area contributed by atoms with E-state index in [4.69, 9.17) is 11.1 Å². The number of aldehydes is 1. The van der Waals surface area contributed by atoms with Crippen LogP contribution in [-0.2, 0) is 4.79 Å². The van der Waals surface area contributed by atoms with Crippen molar-refractivity contribution in [2.45, 2.75) is 38.4 Å². The van der Waals surface area contributed by atoms with Crippen molar-refractivity contribution in [2.24, 2.45) is 0 Å². The minimum atomic E-state index is -1.35. The molecule has 0 radical (unpaired) electrons. The first-order valence-corrected chi connectivity index (χ1v) is 7.91. The number of hydrogen-bond donors (Lipinski definition) is 0. The molecular weight excluding hydrogens is 164 g/mol. The fraction of sp³-hybridized carbons (Fsp3) is 0.857. The minimum absolute atomic E-state index is 0.696. The van der Waals surface area contributed by atoms with Crippen LogP contribution in [0.4, 0.5) is 0 Å². The van der Waals surface area contributed by atoms with Crippen LogP contribution in [0.25, 0.3) is 0 Å². The van der Waals surface area contributed by atoms with Crippen LogP contribution in [0.15, 0.2) is 0 Å². The largest absolute Gasteiger partial charge is 0.303 e. The Bertz CT molecular complexity index is 98.3. The van der Waals surface area contributed by atoms with Crippen molar-refractivity contribution < 1.29 is 4.79 Å². The highest BCUT2D eigenvalue weighted by atomic mass is 35.6. The first-order chi connectivity index (χ1) is 4.56. The molecule has 3 heteroatoms. The Morgan fingerprint density at radius 1 is 1.40 bits per heavy atom. The second-order valence-corrected chi connectivity index (χ2v) is 10.1. The maximum atomic E-state index is 9.91. The molecule has 0 spiro atoms. The molecule has 0 aromatic heterocycles. The third-order valence-electron chi connectivity index (χ3n) is 1.34. The molecule has 0 heterocycles. The Balaban J connectivity index is 3.12. The smallest absolute Gasteiger partial charge is 0.150 e. The molecule has 0 saturated carbocycles. The van der Waals surface area contributed by atoms with Gasteiger partial charge in [0.15, 0.2) is 0 Å². The number of hydrogen-bond acceptors (Lipinski definition) is 1. The van der Waals surface area contributed by atoms with E-state index in [1.807, 2.05) is 0 Å². The van der Waals surface area contributed by atoms with Crippen molar-refractivity contribution in [2.75, 3.05) is 0 Å². The van der Waals surface area contributed by atoms with Gasteiger partial charge in [-0.3, -0.25) is 0 Å². The molecule has 0 unspecified atom stereocenters. The molecule has 0 atom stereocenters. The zero-order valence-electron chi connectivity index (χ0n) is 6.69. The van der Waals surface area contributed by atoms with Gasteiger partial charge < -0.3 is 4.79 Å². The monoisotopic (exact) mass is 178 g/mol. The summed E-state index contributed by atoms with van der Waals surface area (Å²) in [5, 5.41) is 0. The molecule has 0 N–H and O–H groups in total. The molecule has 0 saturated heterocycles. The summed E-state index contributed by atoms with van der Waals surface area (Å²) < 4.78 is 0. The molecule has 1 nitrogen and oxygen atoms in total. The molecule has 0 aliphatic heterocycles. The normalized spacial score (nSPS) is 11.5. The molecule has 10 heavy (non-hydrogen) atoms. The van der Waals surface area contributed by atoms with Gasteiger partial charge in [-0.05, 0) is 12.5 Å². The maximum Gasteiger partial charge on any atom is 0.150 e. The van der Waals surface area contributed by atoms with Crippen LogP contribution >= 0.6 is 11.1 Å². The van der Waals surface area contributed by atoms with Gasteiger partial charge in [-0.15, -0.1) is 0 Å². The second-order valence-electron chi connectivity index (χ2n) is 3.13. The highest BCUT2D eigenvalue weighted by Crippen LogP contribution is 2.17. The van der Waals surface area contributed by atoms with Gasteiger partial charge in [0, 0.05) is 6.42 Å². The quantitative estimate of drug-likeness (QED) is 0.274. The van der Waals surface area contributed by atoms with E-state index in [2.05, 4.69) is 13.1 Å². The van der Waals surface area contributed by atoms with Crippen molar-refractivity contribution in [3.8, 4) is 0 Å². The van der Waals surface area contributed by atoms with E-state index in [1.165, 1.54) is 0 Å². The third-order valence-corrected chi connectivity index (χ3v) is 3.45. The average molecular weight is 179 g/mol. The number of carbonyl (C=O) groups excluding carboxylic acids is 1. The lowest BCUT2D eigenvalue weighted by molar-refractivity contribution is -0.107. The summed E-state index contributed by atoms with van der Waals surface area (Å²) in [6.07, 6.45) is 3.79. The Morgan fingerprint density at radius 2 is 2.00 bits per heavy atom. The first kappa shape index (κ1) is 10.2. The van der Waals surface area contributed by atoms with Crippen molar-refractivity contribution in [3.63, 3.8) is 0 Å². The zero-order chi connectivity index (χ0) is 8.04. The van der Waals surface area contributed by atoms with E-state index >= 15 is 0 Å². The Labute approximate surface area is 68.5 Å². The summed E-state index contributed by atoms with van der Waals surface area (Å²) in [6.45, 7) is 4.27. The van der Waals surface area contributed by atoms with E-state index in [9.17, 15) is 4.79 Å². The van der Waals surface area contributed by atoms with Gasteiger partial charge in [0.25, 0.3) is 0 Å². The lowest BCUT2D eigenvalue weighted by Gasteiger charge is -2.10. The Kier molecular flexibility index (Phi) is 5.00. The van der Waals surface area contributed by atoms with Gasteiger partial charge in [0.05, 0.1) is 0 Å². The summed E-state index contributed by atoms with van der Waals surface area (Å²) in [4.78, 5) is 9.91. The van der Waals surface area contributed by atoms with Crippen LogP contribution in [0.2, 0.25) is 19.1 Å². The van der Waals surface area contributed by atoms with Crippen molar-refractivity contribution in [1.29, 1.82) is 0 Å². The molecule has 0 aromatic carbocycles. The van der Waals surface area contributed by atoms with E-state index in [-0.39, 0.29) is 0 Å². The van der Waals surface area contributed by atoms with Crippen LogP contribution in [0, 0.1) is 0 Å². The summed E-state index contributed by atoms with van der Waals surface area (Å²) in [5.41, 5.74) is 0. The number of unbranched alkanes of at least 4 members (excludes halogenated alkanes) is 2. The third kappa shape index (κ3) is 8.18. The Morgan fingerprint density at radius 3 is 2.40 bits per heavy atom. The van der Waals surface area contributed by atoms with Crippen LogP contribution in [0.5, 0.6) is 0 Å². The van der Waals surface area contributed by atoms with Gasteiger partial charge >= 0.3 is 0 Å². The number of carbonyl (C=O) groups is 1. The van der Waals surface area contributed by atoms with Crippen molar-refractivity contribution >= 4 is 24.7 Å². The summed E-state index contributed by atoms with van der Waals surface area (Å²) in [6, 6.07) is 1.13. The predicted molar refractivity (Wildman–Crippen MR) is 48.1 cm³/mol. The zero-order valence-corrected chi connectivity index (χ0v) is 8.45. The molecular formula is C7H15ClOSi. The van der Waals surface area contributed by atoms with E-state index < -0.39 is 7.38 Å². The fourth-order valence-electron chi connectivity index (χ4n) is 0.773. The first-order valence-electron chi connectivity index (χ1n) is 3.69. The maximum absolute atomic E-state index is 9.91. The molecule has 0 fully saturated rings. The SMILES string of the molecule is C[Si](C)(Cl)CCCCC=O. The van der Waals surface area contributed by atoms with E-state index in [0.717, 1.165) is 25.2 Å². The predicted octanol–water partition coefficient (Wildman–Crippen LogP) is 2.80. The highest BCUT2D eigenvalue weighted by Gasteiger charge is 2.15. The average Bonchev–Trinajstić information content (AvgIpc) is 1.78. The Hall–Kier alpha value is 0.177. The standard InChI is InChI=1S/C7H15ClOSi/c1-10(2,8)7-5-3-4-6-9/h6H,3-5,7H2,1-2H3. The van der Waals surface area contributed by atoms with E-state index in [0.29, 0.717) is 6.42 Å². The molecule has 0 rings (SSSR count).